The molecular weight excluding hydrogens is 339 g/mol. The average molecular weight is 357 g/mol. The van der Waals surface area contributed by atoms with Crippen LogP contribution in [0.4, 0.5) is 18.9 Å². The standard InChI is InChI=1S/C17H18F3NO4/c1-24-16(23)13-4-7-21(8-5-13)15-10-14(17(18,19)20)3-2-12(15)6-9-25-11-22/h2-3,6,9-11,13H,4-5,7-8H2,1H3/b9-6+. The topological polar surface area (TPSA) is 55.8 Å². The fourth-order valence-corrected chi connectivity index (χ4v) is 2.80. The molecule has 0 aromatic heterocycles. The van der Waals surface area contributed by atoms with Crippen LogP contribution >= 0.6 is 0 Å². The smallest absolute Gasteiger partial charge is 0.416 e. The van der Waals surface area contributed by atoms with Gasteiger partial charge in [-0.1, -0.05) is 6.07 Å². The molecular formula is C17H18F3NO4. The van der Waals surface area contributed by atoms with Crippen LogP contribution in [0.1, 0.15) is 24.0 Å². The number of halogens is 3. The van der Waals surface area contributed by atoms with E-state index in [0.29, 0.717) is 37.2 Å². The van der Waals surface area contributed by atoms with Gasteiger partial charge in [0, 0.05) is 24.3 Å². The normalized spacial score (nSPS) is 16.1. The molecule has 0 saturated carbocycles. The van der Waals surface area contributed by atoms with E-state index < -0.39 is 11.7 Å². The molecule has 0 spiro atoms. The molecule has 1 saturated heterocycles. The van der Waals surface area contributed by atoms with E-state index in [4.69, 9.17) is 4.74 Å². The minimum absolute atomic E-state index is 0.224. The van der Waals surface area contributed by atoms with Crippen molar-refractivity contribution in [2.45, 2.75) is 19.0 Å². The molecule has 0 radical (unpaired) electrons. The summed E-state index contributed by atoms with van der Waals surface area (Å²) in [5.41, 5.74) is 0.112. The number of ether oxygens (including phenoxy) is 2. The molecule has 0 N–H and O–H groups in total. The highest BCUT2D eigenvalue weighted by molar-refractivity contribution is 5.73. The summed E-state index contributed by atoms with van der Waals surface area (Å²) in [5, 5.41) is 0. The van der Waals surface area contributed by atoms with E-state index in [1.54, 1.807) is 4.90 Å². The van der Waals surface area contributed by atoms with Gasteiger partial charge < -0.3 is 14.4 Å². The van der Waals surface area contributed by atoms with Gasteiger partial charge in [-0.05, 0) is 31.1 Å². The van der Waals surface area contributed by atoms with Crippen LogP contribution < -0.4 is 4.90 Å². The highest BCUT2D eigenvalue weighted by Gasteiger charge is 2.32. The van der Waals surface area contributed by atoms with Gasteiger partial charge in [0.1, 0.15) is 0 Å². The Balaban J connectivity index is 2.27. The second kappa shape index (κ2) is 8.04. The molecule has 2 rings (SSSR count). The van der Waals surface area contributed by atoms with Crippen molar-refractivity contribution in [1.82, 2.24) is 0 Å². The second-order valence-electron chi connectivity index (χ2n) is 5.59. The Kier molecular flexibility index (Phi) is 6.06. The summed E-state index contributed by atoms with van der Waals surface area (Å²) in [5.74, 6) is -0.548. The predicted molar refractivity (Wildman–Crippen MR) is 84.6 cm³/mol. The zero-order valence-electron chi connectivity index (χ0n) is 13.6. The van der Waals surface area contributed by atoms with E-state index in [0.717, 1.165) is 18.4 Å². The summed E-state index contributed by atoms with van der Waals surface area (Å²) < 4.78 is 48.2. The molecule has 0 unspecified atom stereocenters. The van der Waals surface area contributed by atoms with Gasteiger partial charge in [0.25, 0.3) is 6.47 Å². The molecule has 5 nitrogen and oxygen atoms in total. The van der Waals surface area contributed by atoms with Crippen LogP contribution in [-0.2, 0) is 25.2 Å². The van der Waals surface area contributed by atoms with Crippen LogP contribution in [0.15, 0.2) is 24.5 Å². The summed E-state index contributed by atoms with van der Waals surface area (Å²) in [7, 11) is 1.32. The highest BCUT2D eigenvalue weighted by atomic mass is 19.4. The Morgan fingerprint density at radius 3 is 2.52 bits per heavy atom. The van der Waals surface area contributed by atoms with Gasteiger partial charge in [0.05, 0.1) is 24.9 Å². The molecule has 1 aliphatic heterocycles. The molecule has 1 aromatic rings. The van der Waals surface area contributed by atoms with Crippen molar-refractivity contribution in [3.8, 4) is 0 Å². The van der Waals surface area contributed by atoms with Crippen molar-refractivity contribution in [3.63, 3.8) is 0 Å². The molecule has 0 atom stereocenters. The zero-order chi connectivity index (χ0) is 18.4. The van der Waals surface area contributed by atoms with Gasteiger partial charge in [-0.2, -0.15) is 13.2 Å². The summed E-state index contributed by atoms with van der Waals surface area (Å²) in [6.45, 7) is 1.08. The molecule has 1 heterocycles. The third-order valence-electron chi connectivity index (χ3n) is 4.11. The lowest BCUT2D eigenvalue weighted by molar-refractivity contribution is -0.146. The second-order valence-corrected chi connectivity index (χ2v) is 5.59. The number of hydrogen-bond acceptors (Lipinski definition) is 5. The maximum atomic E-state index is 13.0. The maximum absolute atomic E-state index is 13.0. The van der Waals surface area contributed by atoms with Gasteiger partial charge in [0.15, 0.2) is 0 Å². The summed E-state index contributed by atoms with van der Waals surface area (Å²) in [4.78, 5) is 23.6. The number of carbonyl (C=O) groups excluding carboxylic acids is 2. The molecule has 136 valence electrons. The summed E-state index contributed by atoms with van der Waals surface area (Å²) >= 11 is 0. The SMILES string of the molecule is COC(=O)C1CCN(c2cc(C(F)(F)F)ccc2/C=C/OC=O)CC1. The van der Waals surface area contributed by atoms with Gasteiger partial charge in [-0.3, -0.25) is 9.59 Å². The van der Waals surface area contributed by atoms with E-state index in [-0.39, 0.29) is 18.4 Å². The first-order valence-corrected chi connectivity index (χ1v) is 7.66. The van der Waals surface area contributed by atoms with E-state index in [1.165, 1.54) is 19.3 Å². The Hall–Kier alpha value is -2.51. The predicted octanol–water partition coefficient (Wildman–Crippen LogP) is 3.24. The number of alkyl halides is 3. The Morgan fingerprint density at radius 1 is 1.28 bits per heavy atom. The first kappa shape index (κ1) is 18.8. The van der Waals surface area contributed by atoms with Gasteiger partial charge in [-0.25, -0.2) is 0 Å². The number of benzene rings is 1. The molecule has 1 aliphatic rings. The minimum atomic E-state index is -4.46. The fourth-order valence-electron chi connectivity index (χ4n) is 2.80. The van der Waals surface area contributed by atoms with Crippen molar-refractivity contribution in [1.29, 1.82) is 0 Å². The Labute approximate surface area is 143 Å². The number of anilines is 1. The number of rotatable bonds is 5. The van der Waals surface area contributed by atoms with Gasteiger partial charge in [0.2, 0.25) is 0 Å². The third kappa shape index (κ3) is 4.74. The van der Waals surface area contributed by atoms with Crippen molar-refractivity contribution in [3.05, 3.63) is 35.6 Å². The van der Waals surface area contributed by atoms with Gasteiger partial charge in [-0.15, -0.1) is 0 Å². The number of carbonyl (C=O) groups is 2. The fraction of sp³-hybridized carbons (Fsp3) is 0.412. The summed E-state index contributed by atoms with van der Waals surface area (Å²) in [6.07, 6.45) is -0.926. The monoisotopic (exact) mass is 357 g/mol. The Morgan fingerprint density at radius 2 is 1.96 bits per heavy atom. The molecule has 25 heavy (non-hydrogen) atoms. The molecule has 0 bridgehead atoms. The van der Waals surface area contributed by atoms with Crippen LogP contribution in [0.5, 0.6) is 0 Å². The molecule has 1 fully saturated rings. The molecule has 0 aliphatic carbocycles. The van der Waals surface area contributed by atoms with Crippen molar-refractivity contribution < 1.29 is 32.2 Å². The average Bonchev–Trinajstić information content (AvgIpc) is 2.60. The van der Waals surface area contributed by atoms with Crippen LogP contribution in [-0.4, -0.2) is 32.6 Å². The van der Waals surface area contributed by atoms with Crippen LogP contribution in [0, 0.1) is 5.92 Å². The first-order valence-electron chi connectivity index (χ1n) is 7.66. The van der Waals surface area contributed by atoms with E-state index in [1.807, 2.05) is 0 Å². The lowest BCUT2D eigenvalue weighted by atomic mass is 9.95. The highest BCUT2D eigenvalue weighted by Crippen LogP contribution is 2.35. The number of methoxy groups -OCH3 is 1. The Bertz CT molecular complexity index is 650. The lowest BCUT2D eigenvalue weighted by Gasteiger charge is -2.33. The number of piperidine rings is 1. The molecule has 8 heteroatoms. The lowest BCUT2D eigenvalue weighted by Crippen LogP contribution is -2.37. The number of esters is 1. The third-order valence-corrected chi connectivity index (χ3v) is 4.11. The van der Waals surface area contributed by atoms with Crippen LogP contribution in [0.25, 0.3) is 6.08 Å². The molecule has 0 amide bonds. The van der Waals surface area contributed by atoms with Crippen LogP contribution in [0.3, 0.4) is 0 Å². The van der Waals surface area contributed by atoms with Crippen molar-refractivity contribution in [2.75, 3.05) is 25.1 Å². The van der Waals surface area contributed by atoms with Crippen molar-refractivity contribution in [2.24, 2.45) is 5.92 Å². The minimum Gasteiger partial charge on any atom is -0.469 e. The quantitative estimate of drug-likeness (QED) is 0.460. The van der Waals surface area contributed by atoms with E-state index in [2.05, 4.69) is 4.74 Å². The number of nitrogens with zero attached hydrogens (tertiary/aromatic N) is 1. The maximum Gasteiger partial charge on any atom is 0.416 e. The van der Waals surface area contributed by atoms with Gasteiger partial charge >= 0.3 is 12.1 Å². The number of hydrogen-bond donors (Lipinski definition) is 0. The van der Waals surface area contributed by atoms with Crippen molar-refractivity contribution >= 4 is 24.2 Å². The molecule has 1 aromatic carbocycles. The largest absolute Gasteiger partial charge is 0.469 e. The van der Waals surface area contributed by atoms with Crippen LogP contribution in [0.2, 0.25) is 0 Å². The zero-order valence-corrected chi connectivity index (χ0v) is 13.6. The van der Waals surface area contributed by atoms with E-state index in [9.17, 15) is 22.8 Å². The van der Waals surface area contributed by atoms with E-state index >= 15 is 0 Å². The summed E-state index contributed by atoms with van der Waals surface area (Å²) in [6, 6.07) is 3.37. The first-order chi connectivity index (χ1) is 11.9.